The van der Waals surface area contributed by atoms with E-state index >= 15 is 0 Å². The Kier molecular flexibility index (Phi) is 5.17. The van der Waals surface area contributed by atoms with Crippen molar-refractivity contribution in [3.63, 3.8) is 0 Å². The van der Waals surface area contributed by atoms with Gasteiger partial charge in [0.05, 0.1) is 4.34 Å². The highest BCUT2D eigenvalue weighted by atomic mass is 35.5. The molecule has 0 aliphatic carbocycles. The Bertz CT molecular complexity index is 580. The summed E-state index contributed by atoms with van der Waals surface area (Å²) in [5, 5.41) is 2.85. The van der Waals surface area contributed by atoms with E-state index in [1.54, 1.807) is 0 Å². The molecule has 20 heavy (non-hydrogen) atoms. The standard InChI is InChI=1S/C15H17ClN2OS/c1-10-2-4-11(5-3-10)14(17)15(19)18-9-8-12-6-7-13(16)20-12/h2-7,14H,8-9,17H2,1H3,(H,18,19). The first-order valence-corrected chi connectivity index (χ1v) is 7.60. The normalized spacial score (nSPS) is 12.2. The monoisotopic (exact) mass is 308 g/mol. The number of carbonyl (C=O) groups excluding carboxylic acids is 1. The lowest BCUT2D eigenvalue weighted by atomic mass is 10.1. The molecule has 0 aliphatic rings. The lowest BCUT2D eigenvalue weighted by Gasteiger charge is -2.12. The molecule has 106 valence electrons. The van der Waals surface area contributed by atoms with Gasteiger partial charge in [-0.1, -0.05) is 41.4 Å². The average molecular weight is 309 g/mol. The number of amides is 1. The molecule has 2 rings (SSSR count). The van der Waals surface area contributed by atoms with Gasteiger partial charge < -0.3 is 11.1 Å². The molecule has 1 amide bonds. The van der Waals surface area contributed by atoms with E-state index in [1.165, 1.54) is 11.3 Å². The summed E-state index contributed by atoms with van der Waals surface area (Å²) in [7, 11) is 0. The highest BCUT2D eigenvalue weighted by Gasteiger charge is 2.14. The Morgan fingerprint density at radius 2 is 2.00 bits per heavy atom. The zero-order valence-corrected chi connectivity index (χ0v) is 12.8. The van der Waals surface area contributed by atoms with E-state index in [0.29, 0.717) is 6.54 Å². The predicted molar refractivity (Wildman–Crippen MR) is 84.2 cm³/mol. The van der Waals surface area contributed by atoms with Gasteiger partial charge in [0.1, 0.15) is 6.04 Å². The summed E-state index contributed by atoms with van der Waals surface area (Å²) < 4.78 is 0.766. The van der Waals surface area contributed by atoms with Gasteiger partial charge in [-0.15, -0.1) is 11.3 Å². The summed E-state index contributed by atoms with van der Waals surface area (Å²) >= 11 is 7.38. The maximum absolute atomic E-state index is 12.0. The summed E-state index contributed by atoms with van der Waals surface area (Å²) in [6.07, 6.45) is 0.768. The number of hydrogen-bond donors (Lipinski definition) is 2. The van der Waals surface area contributed by atoms with Crippen molar-refractivity contribution in [2.24, 2.45) is 5.73 Å². The number of nitrogens with two attached hydrogens (primary N) is 1. The summed E-state index contributed by atoms with van der Waals surface area (Å²) in [5.41, 5.74) is 7.92. The summed E-state index contributed by atoms with van der Waals surface area (Å²) in [5.74, 6) is -0.156. The second kappa shape index (κ2) is 6.88. The van der Waals surface area contributed by atoms with Crippen molar-refractivity contribution in [1.29, 1.82) is 0 Å². The van der Waals surface area contributed by atoms with Crippen LogP contribution < -0.4 is 11.1 Å². The maximum atomic E-state index is 12.0. The van der Waals surface area contributed by atoms with Crippen molar-refractivity contribution in [1.82, 2.24) is 5.32 Å². The van der Waals surface area contributed by atoms with Gasteiger partial charge in [0.2, 0.25) is 5.91 Å². The summed E-state index contributed by atoms with van der Waals surface area (Å²) in [6.45, 7) is 2.57. The summed E-state index contributed by atoms with van der Waals surface area (Å²) in [6, 6.07) is 10.9. The van der Waals surface area contributed by atoms with Crippen molar-refractivity contribution < 1.29 is 4.79 Å². The lowest BCUT2D eigenvalue weighted by molar-refractivity contribution is -0.122. The summed E-state index contributed by atoms with van der Waals surface area (Å²) in [4.78, 5) is 13.1. The van der Waals surface area contributed by atoms with Crippen LogP contribution in [-0.2, 0) is 11.2 Å². The largest absolute Gasteiger partial charge is 0.354 e. The van der Waals surface area contributed by atoms with Crippen LogP contribution in [0.5, 0.6) is 0 Å². The van der Waals surface area contributed by atoms with Crippen molar-refractivity contribution in [3.8, 4) is 0 Å². The van der Waals surface area contributed by atoms with Gasteiger partial charge in [0, 0.05) is 11.4 Å². The van der Waals surface area contributed by atoms with Gasteiger partial charge in [-0.2, -0.15) is 0 Å². The van der Waals surface area contributed by atoms with Crippen LogP contribution in [0.25, 0.3) is 0 Å². The predicted octanol–water partition coefficient (Wildman–Crippen LogP) is 3.07. The molecule has 3 N–H and O–H groups in total. The highest BCUT2D eigenvalue weighted by Crippen LogP contribution is 2.21. The van der Waals surface area contributed by atoms with Gasteiger partial charge in [0.25, 0.3) is 0 Å². The van der Waals surface area contributed by atoms with E-state index in [9.17, 15) is 4.79 Å². The second-order valence-corrected chi connectivity index (χ2v) is 6.43. The van der Waals surface area contributed by atoms with Crippen LogP contribution in [-0.4, -0.2) is 12.5 Å². The lowest BCUT2D eigenvalue weighted by Crippen LogP contribution is -2.35. The van der Waals surface area contributed by atoms with Crippen LogP contribution in [0.4, 0.5) is 0 Å². The molecule has 0 saturated carbocycles. The Morgan fingerprint density at radius 3 is 2.60 bits per heavy atom. The third-order valence-corrected chi connectivity index (χ3v) is 4.31. The SMILES string of the molecule is Cc1ccc(C(N)C(=O)NCCc2ccc(Cl)s2)cc1. The van der Waals surface area contributed by atoms with Gasteiger partial charge in [0.15, 0.2) is 0 Å². The Hall–Kier alpha value is -1.36. The Balaban J connectivity index is 1.83. The molecule has 0 aliphatic heterocycles. The number of nitrogens with one attached hydrogen (secondary N) is 1. The quantitative estimate of drug-likeness (QED) is 0.892. The first kappa shape index (κ1) is 15.0. The van der Waals surface area contributed by atoms with Gasteiger partial charge in [-0.25, -0.2) is 0 Å². The molecule has 2 aromatic rings. The molecular formula is C15H17ClN2OS. The molecule has 0 saturated heterocycles. The van der Waals surface area contributed by atoms with Gasteiger partial charge >= 0.3 is 0 Å². The number of aryl methyl sites for hydroxylation is 1. The number of benzene rings is 1. The number of carbonyl (C=O) groups is 1. The smallest absolute Gasteiger partial charge is 0.241 e. The number of rotatable bonds is 5. The molecule has 3 nitrogen and oxygen atoms in total. The highest BCUT2D eigenvalue weighted by molar-refractivity contribution is 7.16. The minimum atomic E-state index is -0.623. The maximum Gasteiger partial charge on any atom is 0.241 e. The van der Waals surface area contributed by atoms with Crippen molar-refractivity contribution in [2.75, 3.05) is 6.54 Å². The fourth-order valence-electron chi connectivity index (χ4n) is 1.83. The average Bonchev–Trinajstić information content (AvgIpc) is 2.84. The fraction of sp³-hybridized carbons (Fsp3) is 0.267. The molecule has 1 aromatic heterocycles. The molecule has 0 radical (unpaired) electrons. The molecule has 5 heteroatoms. The molecule has 0 bridgehead atoms. The second-order valence-electron chi connectivity index (χ2n) is 4.64. The van der Waals surface area contributed by atoms with Crippen LogP contribution >= 0.6 is 22.9 Å². The topological polar surface area (TPSA) is 55.1 Å². The zero-order valence-electron chi connectivity index (χ0n) is 11.2. The molecule has 0 fully saturated rings. The molecule has 1 aromatic carbocycles. The fourth-order valence-corrected chi connectivity index (χ4v) is 2.92. The molecule has 1 atom stereocenters. The first-order valence-electron chi connectivity index (χ1n) is 6.40. The van der Waals surface area contributed by atoms with Crippen molar-refractivity contribution in [3.05, 3.63) is 56.7 Å². The van der Waals surface area contributed by atoms with Crippen LogP contribution in [0.2, 0.25) is 4.34 Å². The third-order valence-electron chi connectivity index (χ3n) is 3.02. The van der Waals surface area contributed by atoms with E-state index in [4.69, 9.17) is 17.3 Å². The molecule has 0 spiro atoms. The number of hydrogen-bond acceptors (Lipinski definition) is 3. The van der Waals surface area contributed by atoms with Crippen LogP contribution in [0, 0.1) is 6.92 Å². The van der Waals surface area contributed by atoms with E-state index in [-0.39, 0.29) is 5.91 Å². The Labute approximate surface area is 127 Å². The van der Waals surface area contributed by atoms with E-state index in [2.05, 4.69) is 5.32 Å². The first-order chi connectivity index (χ1) is 9.56. The van der Waals surface area contributed by atoms with Crippen LogP contribution in [0.1, 0.15) is 22.0 Å². The minimum absolute atomic E-state index is 0.156. The van der Waals surface area contributed by atoms with Crippen LogP contribution in [0.15, 0.2) is 36.4 Å². The van der Waals surface area contributed by atoms with Crippen LogP contribution in [0.3, 0.4) is 0 Å². The van der Waals surface area contributed by atoms with Crippen molar-refractivity contribution in [2.45, 2.75) is 19.4 Å². The molecule has 1 heterocycles. The van der Waals surface area contributed by atoms with Crippen molar-refractivity contribution >= 4 is 28.8 Å². The van der Waals surface area contributed by atoms with E-state index in [0.717, 1.165) is 26.8 Å². The van der Waals surface area contributed by atoms with Gasteiger partial charge in [-0.3, -0.25) is 4.79 Å². The number of halogens is 1. The third kappa shape index (κ3) is 4.07. The zero-order chi connectivity index (χ0) is 14.5. The Morgan fingerprint density at radius 1 is 1.30 bits per heavy atom. The number of thiophene rings is 1. The van der Waals surface area contributed by atoms with E-state index in [1.807, 2.05) is 43.3 Å². The molecular weight excluding hydrogens is 292 g/mol. The molecule has 1 unspecified atom stereocenters. The van der Waals surface area contributed by atoms with E-state index < -0.39 is 6.04 Å². The van der Waals surface area contributed by atoms with Gasteiger partial charge in [-0.05, 0) is 31.0 Å². The minimum Gasteiger partial charge on any atom is -0.354 e.